The standard InChI is InChI=1S/C19H16Cl2N2/c1-14(16-7-8-17(20)18(21)13-16)9-11-23-12-10-22-19(23)15-5-3-2-4-6-15/h2-14H,1H3/t14-/m0/s1. The Morgan fingerprint density at radius 1 is 1.04 bits per heavy atom. The van der Waals surface area contributed by atoms with E-state index in [0.717, 1.165) is 17.0 Å². The molecule has 2 aromatic carbocycles. The fourth-order valence-electron chi connectivity index (χ4n) is 2.37. The van der Waals surface area contributed by atoms with E-state index in [-0.39, 0.29) is 5.92 Å². The van der Waals surface area contributed by atoms with Crippen molar-refractivity contribution < 1.29 is 0 Å². The Kier molecular flexibility index (Phi) is 4.85. The lowest BCUT2D eigenvalue weighted by atomic mass is 10.0. The molecular weight excluding hydrogens is 327 g/mol. The van der Waals surface area contributed by atoms with Gasteiger partial charge in [-0.15, -0.1) is 0 Å². The molecule has 0 bridgehead atoms. The van der Waals surface area contributed by atoms with Gasteiger partial charge in [0.2, 0.25) is 0 Å². The minimum absolute atomic E-state index is 0.218. The Morgan fingerprint density at radius 3 is 2.57 bits per heavy atom. The highest BCUT2D eigenvalue weighted by molar-refractivity contribution is 6.42. The summed E-state index contributed by atoms with van der Waals surface area (Å²) in [6.07, 6.45) is 7.90. The number of aromatic nitrogens is 2. The number of hydrogen-bond donors (Lipinski definition) is 0. The summed E-state index contributed by atoms with van der Waals surface area (Å²) < 4.78 is 2.02. The summed E-state index contributed by atoms with van der Waals surface area (Å²) >= 11 is 12.1. The number of allylic oxidation sites excluding steroid dienone is 1. The van der Waals surface area contributed by atoms with Crippen molar-refractivity contribution in [2.24, 2.45) is 0 Å². The first-order valence-electron chi connectivity index (χ1n) is 7.36. The largest absolute Gasteiger partial charge is 0.307 e. The van der Waals surface area contributed by atoms with Crippen molar-refractivity contribution in [2.45, 2.75) is 12.8 Å². The van der Waals surface area contributed by atoms with E-state index in [9.17, 15) is 0 Å². The van der Waals surface area contributed by atoms with E-state index in [1.54, 1.807) is 6.20 Å². The Balaban J connectivity index is 1.83. The van der Waals surface area contributed by atoms with Crippen molar-refractivity contribution in [2.75, 3.05) is 0 Å². The number of rotatable bonds is 4. The summed E-state index contributed by atoms with van der Waals surface area (Å²) in [6, 6.07) is 15.9. The van der Waals surface area contributed by atoms with Crippen LogP contribution >= 0.6 is 23.2 Å². The van der Waals surface area contributed by atoms with Gasteiger partial charge in [0.05, 0.1) is 10.0 Å². The number of nitrogens with zero attached hydrogens (tertiary/aromatic N) is 2. The first-order chi connectivity index (χ1) is 11.1. The molecule has 0 fully saturated rings. The molecule has 0 unspecified atom stereocenters. The molecule has 3 aromatic rings. The topological polar surface area (TPSA) is 17.8 Å². The van der Waals surface area contributed by atoms with Crippen LogP contribution in [0.4, 0.5) is 0 Å². The van der Waals surface area contributed by atoms with Gasteiger partial charge in [0.25, 0.3) is 0 Å². The van der Waals surface area contributed by atoms with Gasteiger partial charge in [0, 0.05) is 30.1 Å². The summed E-state index contributed by atoms with van der Waals surface area (Å²) in [7, 11) is 0. The second-order valence-corrected chi connectivity index (χ2v) is 6.14. The van der Waals surface area contributed by atoms with Crippen LogP contribution in [-0.2, 0) is 0 Å². The maximum Gasteiger partial charge on any atom is 0.143 e. The molecule has 0 amide bonds. The Labute approximate surface area is 146 Å². The molecule has 0 saturated carbocycles. The average Bonchev–Trinajstić information content (AvgIpc) is 3.04. The Bertz CT molecular complexity index is 822. The van der Waals surface area contributed by atoms with Gasteiger partial charge < -0.3 is 4.57 Å². The zero-order valence-corrected chi connectivity index (χ0v) is 14.2. The number of halogens is 2. The first kappa shape index (κ1) is 15.9. The quantitative estimate of drug-likeness (QED) is 0.557. The van der Waals surface area contributed by atoms with Crippen LogP contribution in [0.3, 0.4) is 0 Å². The van der Waals surface area contributed by atoms with Crippen molar-refractivity contribution in [3.63, 3.8) is 0 Å². The molecule has 0 aliphatic heterocycles. The molecule has 1 aromatic heterocycles. The normalized spacial score (nSPS) is 12.7. The van der Waals surface area contributed by atoms with Gasteiger partial charge in [0.1, 0.15) is 5.82 Å². The highest BCUT2D eigenvalue weighted by atomic mass is 35.5. The highest BCUT2D eigenvalue weighted by Gasteiger charge is 2.06. The van der Waals surface area contributed by atoms with Crippen LogP contribution in [0.1, 0.15) is 18.4 Å². The summed E-state index contributed by atoms with van der Waals surface area (Å²) in [5.74, 6) is 1.14. The zero-order chi connectivity index (χ0) is 16.2. The van der Waals surface area contributed by atoms with Gasteiger partial charge in [-0.05, 0) is 17.7 Å². The van der Waals surface area contributed by atoms with Crippen LogP contribution in [0.15, 0.2) is 67.0 Å². The van der Waals surface area contributed by atoms with Crippen molar-refractivity contribution in [3.8, 4) is 11.4 Å². The maximum atomic E-state index is 6.09. The van der Waals surface area contributed by atoms with Gasteiger partial charge in [-0.25, -0.2) is 4.98 Å². The molecule has 0 aliphatic rings. The number of benzene rings is 2. The van der Waals surface area contributed by atoms with Gasteiger partial charge in [-0.1, -0.05) is 72.6 Å². The fraction of sp³-hybridized carbons (Fsp3) is 0.105. The predicted octanol–water partition coefficient (Wildman–Crippen LogP) is 6.13. The van der Waals surface area contributed by atoms with E-state index >= 15 is 0 Å². The lowest BCUT2D eigenvalue weighted by molar-refractivity contribution is 0.963. The summed E-state index contributed by atoms with van der Waals surface area (Å²) in [6.45, 7) is 2.12. The van der Waals surface area contributed by atoms with E-state index < -0.39 is 0 Å². The minimum Gasteiger partial charge on any atom is -0.307 e. The van der Waals surface area contributed by atoms with Gasteiger partial charge in [-0.2, -0.15) is 0 Å². The van der Waals surface area contributed by atoms with Crippen molar-refractivity contribution in [3.05, 3.63) is 82.6 Å². The van der Waals surface area contributed by atoms with E-state index in [1.807, 2.05) is 53.4 Å². The van der Waals surface area contributed by atoms with Crippen LogP contribution in [-0.4, -0.2) is 9.55 Å². The summed E-state index contributed by atoms with van der Waals surface area (Å²) in [4.78, 5) is 4.44. The van der Waals surface area contributed by atoms with Crippen LogP contribution in [0.5, 0.6) is 0 Å². The fourth-order valence-corrected chi connectivity index (χ4v) is 2.68. The summed E-state index contributed by atoms with van der Waals surface area (Å²) in [5, 5.41) is 1.16. The Hall–Kier alpha value is -2.03. The monoisotopic (exact) mass is 342 g/mol. The van der Waals surface area contributed by atoms with Crippen LogP contribution in [0, 0.1) is 0 Å². The first-order valence-corrected chi connectivity index (χ1v) is 8.12. The molecule has 116 valence electrons. The zero-order valence-electron chi connectivity index (χ0n) is 12.7. The van der Waals surface area contributed by atoms with Crippen LogP contribution in [0.2, 0.25) is 10.0 Å². The maximum absolute atomic E-state index is 6.09. The summed E-state index contributed by atoms with van der Waals surface area (Å²) in [5.41, 5.74) is 2.21. The van der Waals surface area contributed by atoms with E-state index in [2.05, 4.69) is 30.1 Å². The van der Waals surface area contributed by atoms with Crippen LogP contribution in [0.25, 0.3) is 17.6 Å². The number of imidazole rings is 1. The SMILES string of the molecule is C[C@@H](C=Cn1ccnc1-c1ccccc1)c1ccc(Cl)c(Cl)c1. The smallest absolute Gasteiger partial charge is 0.143 e. The molecule has 3 rings (SSSR count). The second-order valence-electron chi connectivity index (χ2n) is 5.33. The lowest BCUT2D eigenvalue weighted by Crippen LogP contribution is -1.93. The average molecular weight is 343 g/mol. The molecule has 1 heterocycles. The van der Waals surface area contributed by atoms with Gasteiger partial charge in [-0.3, -0.25) is 0 Å². The predicted molar refractivity (Wildman–Crippen MR) is 97.9 cm³/mol. The molecular formula is C19H16Cl2N2. The van der Waals surface area contributed by atoms with E-state index in [1.165, 1.54) is 0 Å². The van der Waals surface area contributed by atoms with Crippen molar-refractivity contribution in [1.29, 1.82) is 0 Å². The third-order valence-electron chi connectivity index (χ3n) is 3.71. The highest BCUT2D eigenvalue weighted by Crippen LogP contribution is 2.27. The second kappa shape index (κ2) is 7.03. The third kappa shape index (κ3) is 3.66. The lowest BCUT2D eigenvalue weighted by Gasteiger charge is -2.09. The Morgan fingerprint density at radius 2 is 1.83 bits per heavy atom. The molecule has 1 atom stereocenters. The number of hydrogen-bond acceptors (Lipinski definition) is 1. The minimum atomic E-state index is 0.218. The molecule has 0 saturated heterocycles. The van der Waals surface area contributed by atoms with Crippen molar-refractivity contribution >= 4 is 29.4 Å². The van der Waals surface area contributed by atoms with Crippen LogP contribution < -0.4 is 0 Å². The van der Waals surface area contributed by atoms with Crippen molar-refractivity contribution in [1.82, 2.24) is 9.55 Å². The van der Waals surface area contributed by atoms with Gasteiger partial charge in [0.15, 0.2) is 0 Å². The molecule has 0 spiro atoms. The molecule has 2 nitrogen and oxygen atoms in total. The third-order valence-corrected chi connectivity index (χ3v) is 4.44. The van der Waals surface area contributed by atoms with E-state index in [0.29, 0.717) is 10.0 Å². The van der Waals surface area contributed by atoms with E-state index in [4.69, 9.17) is 23.2 Å². The van der Waals surface area contributed by atoms with Gasteiger partial charge >= 0.3 is 0 Å². The molecule has 0 radical (unpaired) electrons. The molecule has 4 heteroatoms. The molecule has 0 aliphatic carbocycles. The molecule has 0 N–H and O–H groups in total. The molecule has 23 heavy (non-hydrogen) atoms.